The number of aryl methyl sites for hydroxylation is 1. The van der Waals surface area contributed by atoms with Crippen LogP contribution in [0.15, 0.2) is 30.3 Å². The number of hydrogen-bond donors (Lipinski definition) is 0. The second-order valence-corrected chi connectivity index (χ2v) is 4.21. The monoisotopic (exact) mass is 236 g/mol. The van der Waals surface area contributed by atoms with Crippen LogP contribution in [0.25, 0.3) is 5.57 Å². The number of unbranched alkanes of at least 4 members (excludes halogenated alkanes) is 2. The summed E-state index contributed by atoms with van der Waals surface area (Å²) in [7, 11) is 0. The SMILES string of the molecule is Cc1ccc(/C(C=O)=C\CCCCCl)cc1. The summed E-state index contributed by atoms with van der Waals surface area (Å²) in [6.07, 6.45) is 5.86. The number of benzene rings is 1. The van der Waals surface area contributed by atoms with Gasteiger partial charge >= 0.3 is 0 Å². The van der Waals surface area contributed by atoms with Crippen molar-refractivity contribution in [2.75, 3.05) is 5.88 Å². The Kier molecular flexibility index (Phi) is 5.87. The van der Waals surface area contributed by atoms with Gasteiger partial charge in [-0.2, -0.15) is 0 Å². The summed E-state index contributed by atoms with van der Waals surface area (Å²) >= 11 is 5.59. The Morgan fingerprint density at radius 3 is 2.50 bits per heavy atom. The summed E-state index contributed by atoms with van der Waals surface area (Å²) in [5.41, 5.74) is 2.97. The highest BCUT2D eigenvalue weighted by Gasteiger charge is 1.98. The van der Waals surface area contributed by atoms with Gasteiger partial charge in [0.25, 0.3) is 0 Å². The van der Waals surface area contributed by atoms with Crippen LogP contribution in [0.4, 0.5) is 0 Å². The van der Waals surface area contributed by atoms with Crippen molar-refractivity contribution in [3.8, 4) is 0 Å². The molecule has 1 aromatic carbocycles. The van der Waals surface area contributed by atoms with Crippen molar-refractivity contribution in [3.63, 3.8) is 0 Å². The van der Waals surface area contributed by atoms with E-state index in [0.29, 0.717) is 5.88 Å². The number of rotatable bonds is 6. The van der Waals surface area contributed by atoms with E-state index in [1.807, 2.05) is 37.3 Å². The maximum Gasteiger partial charge on any atom is 0.150 e. The Morgan fingerprint density at radius 2 is 1.94 bits per heavy atom. The highest BCUT2D eigenvalue weighted by molar-refractivity contribution is 6.17. The van der Waals surface area contributed by atoms with Crippen LogP contribution in [0, 0.1) is 6.92 Å². The van der Waals surface area contributed by atoms with Gasteiger partial charge in [0.2, 0.25) is 0 Å². The first-order chi connectivity index (χ1) is 7.77. The molecule has 16 heavy (non-hydrogen) atoms. The Labute approximate surface area is 102 Å². The molecule has 0 fully saturated rings. The van der Waals surface area contributed by atoms with Crippen molar-refractivity contribution in [3.05, 3.63) is 41.5 Å². The van der Waals surface area contributed by atoms with E-state index in [1.54, 1.807) is 0 Å². The number of carbonyl (C=O) groups is 1. The van der Waals surface area contributed by atoms with Crippen molar-refractivity contribution in [2.24, 2.45) is 0 Å². The fraction of sp³-hybridized carbons (Fsp3) is 0.357. The molecule has 0 saturated carbocycles. The van der Waals surface area contributed by atoms with E-state index in [-0.39, 0.29) is 0 Å². The van der Waals surface area contributed by atoms with Crippen LogP contribution in [-0.4, -0.2) is 12.2 Å². The second kappa shape index (κ2) is 7.24. The van der Waals surface area contributed by atoms with Crippen LogP contribution < -0.4 is 0 Å². The Morgan fingerprint density at radius 1 is 1.25 bits per heavy atom. The second-order valence-electron chi connectivity index (χ2n) is 3.83. The van der Waals surface area contributed by atoms with Crippen molar-refractivity contribution >= 4 is 23.5 Å². The van der Waals surface area contributed by atoms with Crippen LogP contribution in [0.3, 0.4) is 0 Å². The van der Waals surface area contributed by atoms with E-state index in [9.17, 15) is 4.79 Å². The predicted octanol–water partition coefficient (Wildman–Crippen LogP) is 3.99. The van der Waals surface area contributed by atoms with Gasteiger partial charge in [0, 0.05) is 11.5 Å². The number of alkyl halides is 1. The molecule has 0 aliphatic heterocycles. The first-order valence-corrected chi connectivity index (χ1v) is 6.09. The van der Waals surface area contributed by atoms with Crippen LogP contribution in [0.1, 0.15) is 30.4 Å². The molecule has 0 aliphatic carbocycles. The molecule has 0 atom stereocenters. The molecular weight excluding hydrogens is 220 g/mol. The molecule has 0 heterocycles. The van der Waals surface area contributed by atoms with E-state index in [1.165, 1.54) is 5.56 Å². The zero-order valence-electron chi connectivity index (χ0n) is 9.58. The molecular formula is C14H17ClO. The number of hydrogen-bond acceptors (Lipinski definition) is 1. The third kappa shape index (κ3) is 4.19. The molecule has 0 bridgehead atoms. The van der Waals surface area contributed by atoms with Gasteiger partial charge in [0.05, 0.1) is 0 Å². The largest absolute Gasteiger partial charge is 0.298 e. The lowest BCUT2D eigenvalue weighted by molar-refractivity contribution is -0.103. The van der Waals surface area contributed by atoms with Crippen LogP contribution >= 0.6 is 11.6 Å². The summed E-state index contributed by atoms with van der Waals surface area (Å²) < 4.78 is 0. The lowest BCUT2D eigenvalue weighted by Gasteiger charge is -2.01. The van der Waals surface area contributed by atoms with Gasteiger partial charge < -0.3 is 0 Å². The normalized spacial score (nSPS) is 11.5. The van der Waals surface area contributed by atoms with E-state index in [2.05, 4.69) is 0 Å². The molecule has 0 aromatic heterocycles. The number of aldehydes is 1. The average Bonchev–Trinajstić information content (AvgIpc) is 2.31. The molecule has 1 aromatic rings. The molecule has 86 valence electrons. The minimum atomic E-state index is 0.689. The number of carbonyl (C=O) groups excluding carboxylic acids is 1. The molecule has 1 nitrogen and oxygen atoms in total. The molecule has 0 amide bonds. The summed E-state index contributed by atoms with van der Waals surface area (Å²) in [5, 5.41) is 0. The van der Waals surface area contributed by atoms with E-state index in [4.69, 9.17) is 11.6 Å². The fourth-order valence-electron chi connectivity index (χ4n) is 1.48. The van der Waals surface area contributed by atoms with E-state index >= 15 is 0 Å². The van der Waals surface area contributed by atoms with Gasteiger partial charge in [-0.3, -0.25) is 4.79 Å². The molecule has 0 unspecified atom stereocenters. The molecule has 0 spiro atoms. The topological polar surface area (TPSA) is 17.1 Å². The molecule has 0 N–H and O–H groups in total. The van der Waals surface area contributed by atoms with Crippen molar-refractivity contribution in [2.45, 2.75) is 26.2 Å². The Hall–Kier alpha value is -1.08. The first-order valence-electron chi connectivity index (χ1n) is 5.56. The van der Waals surface area contributed by atoms with Gasteiger partial charge in [0.1, 0.15) is 6.29 Å². The minimum absolute atomic E-state index is 0.689. The summed E-state index contributed by atoms with van der Waals surface area (Å²) in [6, 6.07) is 8.01. The van der Waals surface area contributed by atoms with Crippen LogP contribution in [0.2, 0.25) is 0 Å². The third-order valence-electron chi connectivity index (χ3n) is 2.46. The third-order valence-corrected chi connectivity index (χ3v) is 2.73. The quantitative estimate of drug-likeness (QED) is 0.316. The maximum absolute atomic E-state index is 11.0. The molecule has 2 heteroatoms. The first kappa shape index (κ1) is 13.0. The summed E-state index contributed by atoms with van der Waals surface area (Å²) in [5.74, 6) is 0.689. The van der Waals surface area contributed by atoms with Gasteiger partial charge in [-0.25, -0.2) is 0 Å². The highest BCUT2D eigenvalue weighted by Crippen LogP contribution is 2.14. The summed E-state index contributed by atoms with van der Waals surface area (Å²) in [4.78, 5) is 11.0. The number of halogens is 1. The fourth-order valence-corrected chi connectivity index (χ4v) is 1.67. The van der Waals surface area contributed by atoms with E-state index in [0.717, 1.165) is 36.7 Å². The Bertz CT molecular complexity index is 352. The van der Waals surface area contributed by atoms with Crippen molar-refractivity contribution in [1.29, 1.82) is 0 Å². The van der Waals surface area contributed by atoms with Gasteiger partial charge in [0.15, 0.2) is 0 Å². The standard InChI is InChI=1S/C14H17ClO/c1-12-6-8-13(9-7-12)14(11-16)5-3-2-4-10-15/h5-9,11H,2-4,10H2,1H3/b14-5-. The van der Waals surface area contributed by atoms with Gasteiger partial charge in [-0.05, 0) is 31.7 Å². The van der Waals surface area contributed by atoms with Crippen molar-refractivity contribution in [1.82, 2.24) is 0 Å². The molecule has 1 rings (SSSR count). The van der Waals surface area contributed by atoms with Gasteiger partial charge in [-0.1, -0.05) is 35.9 Å². The van der Waals surface area contributed by atoms with E-state index < -0.39 is 0 Å². The highest BCUT2D eigenvalue weighted by atomic mass is 35.5. The zero-order valence-corrected chi connectivity index (χ0v) is 10.3. The minimum Gasteiger partial charge on any atom is -0.298 e. The number of allylic oxidation sites excluding steroid dienone is 2. The smallest absolute Gasteiger partial charge is 0.150 e. The predicted molar refractivity (Wildman–Crippen MR) is 69.8 cm³/mol. The van der Waals surface area contributed by atoms with Crippen LogP contribution in [0.5, 0.6) is 0 Å². The van der Waals surface area contributed by atoms with Gasteiger partial charge in [-0.15, -0.1) is 11.6 Å². The lowest BCUT2D eigenvalue weighted by Crippen LogP contribution is -1.87. The maximum atomic E-state index is 11.0. The average molecular weight is 237 g/mol. The lowest BCUT2D eigenvalue weighted by atomic mass is 10.0. The molecule has 0 saturated heterocycles. The molecule has 0 radical (unpaired) electrons. The summed E-state index contributed by atoms with van der Waals surface area (Å²) in [6.45, 7) is 2.04. The Balaban J connectivity index is 2.66. The molecule has 0 aliphatic rings. The van der Waals surface area contributed by atoms with Crippen LogP contribution in [-0.2, 0) is 4.79 Å². The van der Waals surface area contributed by atoms with Crippen molar-refractivity contribution < 1.29 is 4.79 Å². The zero-order chi connectivity index (χ0) is 11.8.